The van der Waals surface area contributed by atoms with Crippen LogP contribution in [0.15, 0.2) is 48.5 Å². The van der Waals surface area contributed by atoms with E-state index in [1.807, 2.05) is 62.1 Å². The summed E-state index contributed by atoms with van der Waals surface area (Å²) < 4.78 is 0. The van der Waals surface area contributed by atoms with Crippen LogP contribution in [-0.4, -0.2) is 35.1 Å². The highest BCUT2D eigenvalue weighted by Crippen LogP contribution is 2.52. The maximum absolute atomic E-state index is 13.0. The lowest BCUT2D eigenvalue weighted by Crippen LogP contribution is -2.52. The normalized spacial score (nSPS) is 19.2. The maximum Gasteiger partial charge on any atom is 0.324 e. The molecule has 5 nitrogen and oxygen atoms in total. The van der Waals surface area contributed by atoms with Gasteiger partial charge in [0, 0.05) is 30.3 Å². The first kappa shape index (κ1) is 23.6. The van der Waals surface area contributed by atoms with Crippen molar-refractivity contribution in [1.29, 1.82) is 0 Å². The summed E-state index contributed by atoms with van der Waals surface area (Å²) in [5, 5.41) is 11.1. The molecule has 33 heavy (non-hydrogen) atoms. The van der Waals surface area contributed by atoms with Crippen LogP contribution in [0, 0.1) is 11.3 Å². The molecule has 1 saturated heterocycles. The summed E-state index contributed by atoms with van der Waals surface area (Å²) in [6, 6.07) is 15.2. The Kier molecular flexibility index (Phi) is 6.45. The lowest BCUT2D eigenvalue weighted by atomic mass is 9.55. The van der Waals surface area contributed by atoms with Crippen molar-refractivity contribution >= 4 is 29.3 Å². The number of hydrogen-bond donors (Lipinski definition) is 1. The summed E-state index contributed by atoms with van der Waals surface area (Å²) in [4.78, 5) is 29.3. The molecule has 2 aliphatic rings. The number of carboxylic acids is 1. The van der Waals surface area contributed by atoms with Crippen LogP contribution in [0.2, 0.25) is 5.02 Å². The van der Waals surface area contributed by atoms with E-state index in [-0.39, 0.29) is 11.9 Å². The fourth-order valence-electron chi connectivity index (χ4n) is 5.97. The van der Waals surface area contributed by atoms with Gasteiger partial charge in [-0.15, -0.1) is 0 Å². The molecule has 1 aliphatic heterocycles. The third-order valence-corrected chi connectivity index (χ3v) is 7.72. The molecule has 1 aliphatic carbocycles. The molecular formula is C27H33ClN2O3. The van der Waals surface area contributed by atoms with E-state index in [2.05, 4.69) is 0 Å². The molecule has 0 aromatic heterocycles. The van der Waals surface area contributed by atoms with E-state index in [0.29, 0.717) is 24.7 Å². The molecule has 0 spiro atoms. The molecule has 0 bridgehead atoms. The van der Waals surface area contributed by atoms with E-state index >= 15 is 0 Å². The fourth-order valence-corrected chi connectivity index (χ4v) is 6.15. The predicted molar refractivity (Wildman–Crippen MR) is 132 cm³/mol. The highest BCUT2D eigenvalue weighted by Gasteiger charge is 2.55. The average Bonchev–Trinajstić information content (AvgIpc) is 3.39. The Balaban J connectivity index is 1.55. The lowest BCUT2D eigenvalue weighted by molar-refractivity contribution is -0.152. The molecule has 1 atom stereocenters. The minimum atomic E-state index is -0.922. The summed E-state index contributed by atoms with van der Waals surface area (Å²) in [7, 11) is 0. The van der Waals surface area contributed by atoms with Gasteiger partial charge in [0.2, 0.25) is 0 Å². The van der Waals surface area contributed by atoms with E-state index < -0.39 is 16.8 Å². The van der Waals surface area contributed by atoms with E-state index in [4.69, 9.17) is 11.6 Å². The SMILES string of the molecule is CC(C)(C)C(C(=O)O)(c1ccc(CN2CCN(c3cccc(Cl)c3)C2=O)cc1)C1CCCC1. The molecule has 2 fully saturated rings. The van der Waals surface area contributed by atoms with Gasteiger partial charge in [-0.25, -0.2) is 4.79 Å². The molecule has 2 aromatic carbocycles. The molecule has 1 N–H and O–H groups in total. The largest absolute Gasteiger partial charge is 0.481 e. The van der Waals surface area contributed by atoms with E-state index in [1.54, 1.807) is 17.0 Å². The van der Waals surface area contributed by atoms with Gasteiger partial charge in [-0.2, -0.15) is 0 Å². The van der Waals surface area contributed by atoms with Crippen LogP contribution in [0.3, 0.4) is 0 Å². The van der Waals surface area contributed by atoms with Gasteiger partial charge in [0.15, 0.2) is 0 Å². The standard InChI is InChI=1S/C27H33ClN2O3/c1-26(2,3)27(24(31)32,20-7-4-5-8-20)21-13-11-19(12-14-21)18-29-15-16-30(25(29)33)23-10-6-9-22(28)17-23/h6,9-14,17,20H,4-5,7-8,15-16,18H2,1-3H3,(H,31,32). The van der Waals surface area contributed by atoms with E-state index in [0.717, 1.165) is 42.5 Å². The second-order valence-corrected chi connectivity index (χ2v) is 10.8. The number of halogens is 1. The van der Waals surface area contributed by atoms with Crippen LogP contribution < -0.4 is 4.90 Å². The smallest absolute Gasteiger partial charge is 0.324 e. The Morgan fingerprint density at radius 2 is 1.73 bits per heavy atom. The van der Waals surface area contributed by atoms with Crippen molar-refractivity contribution in [3.8, 4) is 0 Å². The first-order valence-electron chi connectivity index (χ1n) is 11.8. The average molecular weight is 469 g/mol. The third-order valence-electron chi connectivity index (χ3n) is 7.49. The summed E-state index contributed by atoms with van der Waals surface area (Å²) in [5.41, 5.74) is 1.33. The molecule has 1 saturated carbocycles. The number of amides is 2. The van der Waals surface area contributed by atoms with Crippen molar-refractivity contribution in [1.82, 2.24) is 4.90 Å². The number of carbonyl (C=O) groups excluding carboxylic acids is 1. The maximum atomic E-state index is 13.0. The summed E-state index contributed by atoms with van der Waals surface area (Å²) >= 11 is 6.10. The number of nitrogens with zero attached hydrogens (tertiary/aromatic N) is 2. The van der Waals surface area contributed by atoms with Crippen molar-refractivity contribution < 1.29 is 14.7 Å². The van der Waals surface area contributed by atoms with Crippen LogP contribution >= 0.6 is 11.6 Å². The molecule has 1 unspecified atom stereocenters. The van der Waals surface area contributed by atoms with Crippen LogP contribution in [0.4, 0.5) is 10.5 Å². The second kappa shape index (κ2) is 9.02. The molecule has 2 amide bonds. The number of urea groups is 1. The van der Waals surface area contributed by atoms with Gasteiger partial charge in [0.25, 0.3) is 0 Å². The summed E-state index contributed by atoms with van der Waals surface area (Å²) in [6.07, 6.45) is 4.09. The Hall–Kier alpha value is -2.53. The lowest BCUT2D eigenvalue weighted by Gasteiger charge is -2.46. The first-order valence-corrected chi connectivity index (χ1v) is 12.2. The zero-order chi connectivity index (χ0) is 23.8. The zero-order valence-corrected chi connectivity index (χ0v) is 20.4. The minimum Gasteiger partial charge on any atom is -0.481 e. The number of hydrogen-bond acceptors (Lipinski definition) is 2. The number of rotatable bonds is 6. The van der Waals surface area contributed by atoms with Crippen molar-refractivity contribution in [3.05, 3.63) is 64.7 Å². The number of benzene rings is 2. The Morgan fingerprint density at radius 1 is 1.06 bits per heavy atom. The molecule has 6 heteroatoms. The van der Waals surface area contributed by atoms with Gasteiger partial charge >= 0.3 is 12.0 Å². The topological polar surface area (TPSA) is 60.9 Å². The molecule has 0 radical (unpaired) electrons. The van der Waals surface area contributed by atoms with Gasteiger partial charge in [-0.05, 0) is 53.5 Å². The van der Waals surface area contributed by atoms with E-state index in [9.17, 15) is 14.7 Å². The fraction of sp³-hybridized carbons (Fsp3) is 0.481. The monoisotopic (exact) mass is 468 g/mol. The Labute approximate surface area is 201 Å². The number of anilines is 1. The molecule has 2 aromatic rings. The molecule has 1 heterocycles. The van der Waals surface area contributed by atoms with Crippen LogP contribution in [0.5, 0.6) is 0 Å². The molecule has 4 rings (SSSR count). The summed E-state index contributed by atoms with van der Waals surface area (Å²) in [6.45, 7) is 7.87. The summed E-state index contributed by atoms with van der Waals surface area (Å²) in [5.74, 6) is -0.603. The van der Waals surface area contributed by atoms with Crippen LogP contribution in [-0.2, 0) is 16.8 Å². The first-order chi connectivity index (χ1) is 15.6. The van der Waals surface area contributed by atoms with Crippen molar-refractivity contribution in [3.63, 3.8) is 0 Å². The highest BCUT2D eigenvalue weighted by molar-refractivity contribution is 6.30. The van der Waals surface area contributed by atoms with Gasteiger partial charge in [-0.1, -0.05) is 75.5 Å². The highest BCUT2D eigenvalue weighted by atomic mass is 35.5. The minimum absolute atomic E-state index is 0.0399. The number of aliphatic carboxylic acids is 1. The van der Waals surface area contributed by atoms with Gasteiger partial charge in [-0.3, -0.25) is 9.69 Å². The van der Waals surface area contributed by atoms with Gasteiger partial charge in [0.1, 0.15) is 5.41 Å². The zero-order valence-electron chi connectivity index (χ0n) is 19.7. The molecule has 176 valence electrons. The van der Waals surface area contributed by atoms with E-state index in [1.165, 1.54) is 0 Å². The van der Waals surface area contributed by atoms with Crippen LogP contribution in [0.25, 0.3) is 0 Å². The van der Waals surface area contributed by atoms with Crippen LogP contribution in [0.1, 0.15) is 57.6 Å². The third kappa shape index (κ3) is 4.23. The molecular weight excluding hydrogens is 436 g/mol. The predicted octanol–water partition coefficient (Wildman–Crippen LogP) is 6.34. The Bertz CT molecular complexity index is 1020. The van der Waals surface area contributed by atoms with Crippen molar-refractivity contribution in [2.75, 3.05) is 18.0 Å². The van der Waals surface area contributed by atoms with Crippen molar-refractivity contribution in [2.24, 2.45) is 11.3 Å². The van der Waals surface area contributed by atoms with Gasteiger partial charge in [0.05, 0.1) is 0 Å². The number of carboxylic acid groups (broad SMARTS) is 1. The quantitative estimate of drug-likeness (QED) is 0.538. The van der Waals surface area contributed by atoms with Crippen molar-refractivity contribution in [2.45, 2.75) is 58.4 Å². The number of carbonyl (C=O) groups is 2. The second-order valence-electron chi connectivity index (χ2n) is 10.4. The Morgan fingerprint density at radius 3 is 2.30 bits per heavy atom. The van der Waals surface area contributed by atoms with Gasteiger partial charge < -0.3 is 10.0 Å².